The summed E-state index contributed by atoms with van der Waals surface area (Å²) in [7, 11) is -1.72. The van der Waals surface area contributed by atoms with Crippen LogP contribution in [-0.2, 0) is 16.0 Å². The van der Waals surface area contributed by atoms with Gasteiger partial charge in [-0.3, -0.25) is 0 Å². The topological polar surface area (TPSA) is 90.4 Å². The van der Waals surface area contributed by atoms with Crippen LogP contribution in [0.3, 0.4) is 0 Å². The smallest absolute Gasteiger partial charge is 0.416 e. The van der Waals surface area contributed by atoms with Crippen LogP contribution in [0.5, 0.6) is 17.2 Å². The zero-order chi connectivity index (χ0) is 25.1. The Kier molecular flexibility index (Phi) is 8.56. The fraction of sp³-hybridized carbons (Fsp3) is 0.652. The van der Waals surface area contributed by atoms with Crippen molar-refractivity contribution in [2.45, 2.75) is 84.2 Å². The van der Waals surface area contributed by atoms with Gasteiger partial charge in [-0.25, -0.2) is 4.79 Å². The third-order valence-corrected chi connectivity index (χ3v) is 15.3. The van der Waals surface area contributed by atoms with Crippen LogP contribution in [0, 0.1) is 0 Å². The lowest BCUT2D eigenvalue weighted by Gasteiger charge is -2.40. The summed E-state index contributed by atoms with van der Waals surface area (Å²) >= 11 is 0. The van der Waals surface area contributed by atoms with E-state index in [-0.39, 0.29) is 22.2 Å². The molecule has 0 saturated carbocycles. The fourth-order valence-corrected chi connectivity index (χ4v) is 4.41. The first-order chi connectivity index (χ1) is 14.4. The highest BCUT2D eigenvalue weighted by atomic mass is 28.4. The maximum absolute atomic E-state index is 12.1. The maximum atomic E-state index is 12.1. The van der Waals surface area contributed by atoms with Gasteiger partial charge >= 0.3 is 11.7 Å². The first-order valence-electron chi connectivity index (χ1n) is 10.8. The normalized spacial score (nSPS) is 12.6. The third-order valence-electron chi connectivity index (χ3n) is 6.60. The monoisotopic (exact) mass is 480 g/mol. The van der Waals surface area contributed by atoms with E-state index in [1.54, 1.807) is 13.2 Å². The van der Waals surface area contributed by atoms with E-state index < -0.39 is 22.6 Å². The highest BCUT2D eigenvalue weighted by Crippen LogP contribution is 2.48. The van der Waals surface area contributed by atoms with Gasteiger partial charge in [0.25, 0.3) is 16.6 Å². The van der Waals surface area contributed by atoms with Gasteiger partial charge in [-0.1, -0.05) is 47.6 Å². The predicted molar refractivity (Wildman–Crippen MR) is 133 cm³/mol. The molecule has 0 aliphatic rings. The van der Waals surface area contributed by atoms with Crippen molar-refractivity contribution in [1.82, 2.24) is 0 Å². The van der Waals surface area contributed by atoms with Crippen molar-refractivity contribution >= 4 is 28.3 Å². The molecule has 0 aliphatic carbocycles. The second-order valence-electron chi connectivity index (χ2n) is 11.0. The van der Waals surface area contributed by atoms with Crippen molar-refractivity contribution in [3.05, 3.63) is 23.2 Å². The summed E-state index contributed by atoms with van der Waals surface area (Å²) < 4.78 is 23.9. The van der Waals surface area contributed by atoms with Crippen LogP contribution >= 0.6 is 0 Å². The molecule has 7 nitrogen and oxygen atoms in total. The zero-order valence-corrected chi connectivity index (χ0v) is 23.8. The van der Waals surface area contributed by atoms with Crippen molar-refractivity contribution in [2.75, 3.05) is 14.2 Å². The molecule has 0 spiro atoms. The predicted octanol–water partition coefficient (Wildman–Crippen LogP) is 5.85. The first-order valence-corrected chi connectivity index (χ1v) is 16.6. The molecule has 0 amide bonds. The number of esters is 1. The molecule has 0 N–H and O–H groups in total. The molecular formula is C23H40N2O5Si2. The Morgan fingerprint density at radius 3 is 1.75 bits per heavy atom. The Hall–Kier alpha value is -2.10. The number of carbonyl (C=O) groups excluding carboxylic acids is 1. The molecule has 0 aliphatic heterocycles. The minimum atomic E-state index is -2.30. The molecular weight excluding hydrogens is 440 g/mol. The number of hydrogen-bond donors (Lipinski definition) is 0. The lowest BCUT2D eigenvalue weighted by atomic mass is 10.1. The quantitative estimate of drug-likeness (QED) is 0.153. The molecule has 0 saturated heterocycles. The van der Waals surface area contributed by atoms with Gasteiger partial charge in [0.15, 0.2) is 17.2 Å². The van der Waals surface area contributed by atoms with Crippen LogP contribution < -0.4 is 13.6 Å². The Labute approximate surface area is 195 Å². The van der Waals surface area contributed by atoms with Gasteiger partial charge in [0.2, 0.25) is 0 Å². The van der Waals surface area contributed by atoms with Crippen molar-refractivity contribution in [3.63, 3.8) is 0 Å². The summed E-state index contributed by atoms with van der Waals surface area (Å²) in [6.45, 7) is 21.6. The Bertz CT molecular complexity index is 893. The minimum Gasteiger partial charge on any atom is -0.541 e. The molecule has 1 aromatic carbocycles. The summed E-state index contributed by atoms with van der Waals surface area (Å²) in [5, 5.41) is -0.121. The van der Waals surface area contributed by atoms with Gasteiger partial charge in [0.05, 0.1) is 20.6 Å². The molecule has 1 rings (SSSR count). The number of benzene rings is 1. The summed E-state index contributed by atoms with van der Waals surface area (Å²) in [5.41, 5.74) is 9.96. The zero-order valence-electron chi connectivity index (χ0n) is 21.8. The van der Waals surface area contributed by atoms with Crippen LogP contribution in [0.25, 0.3) is 5.53 Å². The van der Waals surface area contributed by atoms with E-state index in [1.807, 2.05) is 6.07 Å². The van der Waals surface area contributed by atoms with Gasteiger partial charge in [-0.15, -0.1) is 0 Å². The second kappa shape index (κ2) is 9.81. The van der Waals surface area contributed by atoms with E-state index in [0.29, 0.717) is 22.8 Å². The summed E-state index contributed by atoms with van der Waals surface area (Å²) in [4.78, 5) is 15.2. The van der Waals surface area contributed by atoms with Crippen LogP contribution in [0.4, 0.5) is 0 Å². The minimum absolute atomic E-state index is 0.0327. The van der Waals surface area contributed by atoms with Gasteiger partial charge in [0, 0.05) is 5.56 Å². The number of ether oxygens (including phenoxy) is 2. The van der Waals surface area contributed by atoms with Gasteiger partial charge in [-0.05, 0) is 42.3 Å². The standard InChI is InChI=1S/C23H40N2O5Si2/c1-22(2,3)31(9,10)29-19-16(15-17(25-24)21(26)28-8)13-14-18(27-7)20(19)30-32(11,12)23(4,5)6/h13-14H,15H2,1-12H3. The van der Waals surface area contributed by atoms with Gasteiger partial charge in [-0.2, -0.15) is 4.79 Å². The number of rotatable bonds is 8. The average molecular weight is 481 g/mol. The maximum Gasteiger partial charge on any atom is 0.416 e. The Balaban J connectivity index is 3.81. The Morgan fingerprint density at radius 2 is 1.38 bits per heavy atom. The fourth-order valence-electron chi connectivity index (χ4n) is 2.36. The van der Waals surface area contributed by atoms with Crippen molar-refractivity contribution in [1.29, 1.82) is 0 Å². The molecule has 0 heterocycles. The first kappa shape index (κ1) is 27.9. The summed E-state index contributed by atoms with van der Waals surface area (Å²) in [6, 6.07) is 3.61. The second-order valence-corrected chi connectivity index (χ2v) is 20.5. The number of nitrogens with zero attached hydrogens (tertiary/aromatic N) is 2. The largest absolute Gasteiger partial charge is 0.541 e. The van der Waals surface area contributed by atoms with Crippen molar-refractivity contribution in [2.24, 2.45) is 0 Å². The van der Waals surface area contributed by atoms with Crippen molar-refractivity contribution in [3.8, 4) is 17.2 Å². The molecule has 0 fully saturated rings. The number of methoxy groups -OCH3 is 2. The molecule has 180 valence electrons. The lowest BCUT2D eigenvalue weighted by Crippen LogP contribution is -2.46. The van der Waals surface area contributed by atoms with E-state index >= 15 is 0 Å². The molecule has 9 heteroatoms. The van der Waals surface area contributed by atoms with E-state index in [2.05, 4.69) is 72.5 Å². The molecule has 0 atom stereocenters. The number of hydrogen-bond acceptors (Lipinski definition) is 5. The molecule has 32 heavy (non-hydrogen) atoms. The van der Waals surface area contributed by atoms with Crippen molar-refractivity contribution < 1.29 is 27.9 Å². The molecule has 0 aromatic heterocycles. The molecule has 0 radical (unpaired) electrons. The van der Waals surface area contributed by atoms with Crippen LogP contribution in [-0.4, -0.2) is 47.3 Å². The van der Waals surface area contributed by atoms with Crippen LogP contribution in [0.2, 0.25) is 36.3 Å². The summed E-state index contributed by atoms with van der Waals surface area (Å²) in [5.74, 6) is 0.927. The SMILES string of the molecule is COC(=O)C(Cc1ccc(OC)c(O[Si](C)(C)C(C)(C)C)c1O[Si](C)(C)C(C)(C)C)=[N+]=[N-]. The van der Waals surface area contributed by atoms with Gasteiger partial charge in [0.1, 0.15) is 0 Å². The Morgan fingerprint density at radius 1 is 0.906 bits per heavy atom. The average Bonchev–Trinajstić information content (AvgIpc) is 2.65. The van der Waals surface area contributed by atoms with Gasteiger partial charge < -0.3 is 23.9 Å². The number of carbonyl (C=O) groups is 1. The van der Waals surface area contributed by atoms with Crippen LogP contribution in [0.15, 0.2) is 12.1 Å². The lowest BCUT2D eigenvalue weighted by molar-refractivity contribution is -0.137. The highest BCUT2D eigenvalue weighted by molar-refractivity contribution is 6.75. The van der Waals surface area contributed by atoms with Crippen LogP contribution in [0.1, 0.15) is 47.1 Å². The van der Waals surface area contributed by atoms with E-state index in [1.165, 1.54) is 7.11 Å². The summed E-state index contributed by atoms with van der Waals surface area (Å²) in [6.07, 6.45) is 0.0327. The third kappa shape index (κ3) is 6.24. The van der Waals surface area contributed by atoms with E-state index in [4.69, 9.17) is 18.3 Å². The van der Waals surface area contributed by atoms with E-state index in [0.717, 1.165) is 0 Å². The molecule has 0 unspecified atom stereocenters. The highest BCUT2D eigenvalue weighted by Gasteiger charge is 2.43. The van der Waals surface area contributed by atoms with E-state index in [9.17, 15) is 10.3 Å². The molecule has 1 aromatic rings. The molecule has 0 bridgehead atoms.